The first-order valence-electron chi connectivity index (χ1n) is 7.65. The third-order valence-corrected chi connectivity index (χ3v) is 4.08. The van der Waals surface area contributed by atoms with Crippen LogP contribution in [0, 0.1) is 0 Å². The summed E-state index contributed by atoms with van der Waals surface area (Å²) in [5.41, 5.74) is -1.42. The Hall–Kier alpha value is -2.65. The largest absolute Gasteiger partial charge is 0.486 e. The number of alkyl halides is 3. The number of rotatable bonds is 4. The highest BCUT2D eigenvalue weighted by molar-refractivity contribution is 6.30. The van der Waals surface area contributed by atoms with Crippen LogP contribution in [0.4, 0.5) is 13.2 Å². The summed E-state index contributed by atoms with van der Waals surface area (Å²) in [6, 6.07) is 9.08. The third-order valence-electron chi connectivity index (χ3n) is 3.82. The molecule has 1 aliphatic rings. The van der Waals surface area contributed by atoms with Gasteiger partial charge in [-0.15, -0.1) is 0 Å². The molecule has 0 bridgehead atoms. The Kier molecular flexibility index (Phi) is 4.83. The zero-order valence-electron chi connectivity index (χ0n) is 13.7. The molecule has 1 aromatic carbocycles. The average molecular weight is 403 g/mol. The molecule has 1 fully saturated rings. The number of aliphatic hydroxyl groups is 1. The number of halogens is 4. The summed E-state index contributed by atoms with van der Waals surface area (Å²) in [4.78, 5) is 12.4. The van der Waals surface area contributed by atoms with E-state index in [1.165, 1.54) is 12.1 Å². The van der Waals surface area contributed by atoms with E-state index in [1.807, 2.05) is 0 Å². The molecule has 1 aliphatic heterocycles. The van der Waals surface area contributed by atoms with E-state index in [2.05, 4.69) is 12.0 Å². The molecular formula is C17H14ClF3N2O4. The molecule has 0 aliphatic carbocycles. The van der Waals surface area contributed by atoms with Gasteiger partial charge in [0.15, 0.2) is 5.76 Å². The van der Waals surface area contributed by atoms with E-state index in [0.29, 0.717) is 10.8 Å². The quantitative estimate of drug-likeness (QED) is 0.817. The van der Waals surface area contributed by atoms with Gasteiger partial charge >= 0.3 is 12.1 Å². The van der Waals surface area contributed by atoms with Gasteiger partial charge in [0, 0.05) is 17.1 Å². The molecule has 3 rings (SSSR count). The zero-order valence-corrected chi connectivity index (χ0v) is 14.5. The zero-order chi connectivity index (χ0) is 19.8. The number of nitrogens with one attached hydrogen (secondary N) is 1. The second-order valence-corrected chi connectivity index (χ2v) is 6.29. The maximum atomic E-state index is 13.2. The lowest BCUT2D eigenvalue weighted by molar-refractivity contribution is -0.299. The lowest BCUT2D eigenvalue weighted by Gasteiger charge is -2.32. The van der Waals surface area contributed by atoms with Crippen molar-refractivity contribution in [1.82, 2.24) is 10.4 Å². The van der Waals surface area contributed by atoms with E-state index in [-0.39, 0.29) is 23.1 Å². The van der Waals surface area contributed by atoms with Crippen LogP contribution >= 0.6 is 11.6 Å². The summed E-state index contributed by atoms with van der Waals surface area (Å²) in [6.45, 7) is 3.28. The minimum absolute atomic E-state index is 0.0570. The Balaban J connectivity index is 1.72. The van der Waals surface area contributed by atoms with Crippen LogP contribution in [0.1, 0.15) is 22.7 Å². The highest BCUT2D eigenvalue weighted by Gasteiger charge is 2.63. The molecule has 1 saturated heterocycles. The predicted octanol–water partition coefficient (Wildman–Crippen LogP) is 3.63. The van der Waals surface area contributed by atoms with Crippen molar-refractivity contribution >= 4 is 17.5 Å². The lowest BCUT2D eigenvalue weighted by Crippen LogP contribution is -2.59. The molecular weight excluding hydrogens is 389 g/mol. The fourth-order valence-corrected chi connectivity index (χ4v) is 2.60. The number of ether oxygens (including phenoxy) is 1. The summed E-state index contributed by atoms with van der Waals surface area (Å²) in [5, 5.41) is 10.6. The molecule has 1 amide bonds. The summed E-state index contributed by atoms with van der Waals surface area (Å²) in [5.74, 6) is -0.879. The van der Waals surface area contributed by atoms with Crippen LogP contribution in [0.3, 0.4) is 0 Å². The normalized spacial score (nSPS) is 19.9. The molecule has 6 nitrogen and oxygen atoms in total. The number of nitrogens with zero attached hydrogens (tertiary/aromatic N) is 1. The Morgan fingerprint density at radius 1 is 1.33 bits per heavy atom. The molecule has 0 radical (unpaired) electrons. The van der Waals surface area contributed by atoms with Crippen molar-refractivity contribution in [3.05, 3.63) is 65.2 Å². The van der Waals surface area contributed by atoms with E-state index >= 15 is 0 Å². The highest BCUT2D eigenvalue weighted by atomic mass is 35.5. The Bertz CT molecular complexity index is 866. The van der Waals surface area contributed by atoms with E-state index in [0.717, 1.165) is 0 Å². The van der Waals surface area contributed by atoms with Crippen LogP contribution in [-0.4, -0.2) is 27.9 Å². The molecule has 1 aromatic heterocycles. The van der Waals surface area contributed by atoms with E-state index in [4.69, 9.17) is 20.8 Å². The van der Waals surface area contributed by atoms with Gasteiger partial charge in [-0.05, 0) is 36.4 Å². The van der Waals surface area contributed by atoms with Gasteiger partial charge in [-0.3, -0.25) is 10.2 Å². The summed E-state index contributed by atoms with van der Waals surface area (Å²) in [7, 11) is 0. The van der Waals surface area contributed by atoms with Crippen LogP contribution in [0.15, 0.2) is 53.1 Å². The molecule has 10 heteroatoms. The molecule has 2 N–H and O–H groups in total. The van der Waals surface area contributed by atoms with Crippen molar-refractivity contribution in [2.24, 2.45) is 0 Å². The number of carbonyl (C=O) groups is 1. The van der Waals surface area contributed by atoms with Gasteiger partial charge < -0.3 is 14.3 Å². The second kappa shape index (κ2) is 6.82. The molecule has 27 heavy (non-hydrogen) atoms. The lowest BCUT2D eigenvalue weighted by atomic mass is 10.1. The number of carbonyl (C=O) groups excluding carboxylic acids is 1. The summed E-state index contributed by atoms with van der Waals surface area (Å²) >= 11 is 5.77. The van der Waals surface area contributed by atoms with Crippen LogP contribution < -0.4 is 10.2 Å². The number of hydrazine groups is 1. The highest BCUT2D eigenvalue weighted by Crippen LogP contribution is 2.41. The maximum Gasteiger partial charge on any atom is 0.438 e. The topological polar surface area (TPSA) is 74.9 Å². The first kappa shape index (κ1) is 19.1. The fraction of sp³-hybridized carbons (Fsp3) is 0.235. The number of hydrogen-bond acceptors (Lipinski definition) is 5. The van der Waals surface area contributed by atoms with Crippen molar-refractivity contribution < 1.29 is 32.2 Å². The van der Waals surface area contributed by atoms with Crippen LogP contribution in [0.5, 0.6) is 5.75 Å². The Morgan fingerprint density at radius 3 is 2.63 bits per heavy atom. The predicted molar refractivity (Wildman–Crippen MR) is 88.6 cm³/mol. The molecule has 0 spiro atoms. The molecule has 1 atom stereocenters. The smallest absolute Gasteiger partial charge is 0.438 e. The maximum absolute atomic E-state index is 13.2. The second-order valence-electron chi connectivity index (χ2n) is 5.86. The summed E-state index contributed by atoms with van der Waals surface area (Å²) in [6.07, 6.45) is -5.96. The van der Waals surface area contributed by atoms with Crippen LogP contribution in [-0.2, 0) is 6.61 Å². The average Bonchev–Trinajstić information content (AvgIpc) is 3.18. The first-order valence-corrected chi connectivity index (χ1v) is 8.03. The molecule has 144 valence electrons. The monoisotopic (exact) mass is 402 g/mol. The summed E-state index contributed by atoms with van der Waals surface area (Å²) < 4.78 is 50.3. The third kappa shape index (κ3) is 3.74. The molecule has 2 heterocycles. The minimum atomic E-state index is -5.08. The standard InChI is InChI=1S/C17H14ClF3N2O4/c1-10-8-16(25,17(19,20)21)23(22-10)15(24)14-7-6-13(27-14)9-26-12-4-2-11(18)3-5-12/h2-7,22,25H,1,8-9H2. The molecule has 2 aromatic rings. The van der Waals surface area contributed by atoms with Crippen molar-refractivity contribution in [3.8, 4) is 5.75 Å². The Labute approximate surface area is 156 Å². The van der Waals surface area contributed by atoms with Gasteiger partial charge in [0.1, 0.15) is 18.1 Å². The van der Waals surface area contributed by atoms with Crippen molar-refractivity contribution in [2.75, 3.05) is 0 Å². The number of amides is 1. The van der Waals surface area contributed by atoms with Gasteiger partial charge in [-0.1, -0.05) is 18.2 Å². The number of benzene rings is 1. The van der Waals surface area contributed by atoms with Crippen molar-refractivity contribution in [1.29, 1.82) is 0 Å². The van der Waals surface area contributed by atoms with Gasteiger partial charge in [-0.25, -0.2) is 5.01 Å². The van der Waals surface area contributed by atoms with Gasteiger partial charge in [0.05, 0.1) is 0 Å². The van der Waals surface area contributed by atoms with Gasteiger partial charge in [-0.2, -0.15) is 13.2 Å². The van der Waals surface area contributed by atoms with Crippen LogP contribution in [0.2, 0.25) is 5.02 Å². The molecule has 1 unspecified atom stereocenters. The van der Waals surface area contributed by atoms with E-state index in [9.17, 15) is 23.1 Å². The fourth-order valence-electron chi connectivity index (χ4n) is 2.48. The van der Waals surface area contributed by atoms with Gasteiger partial charge in [0.2, 0.25) is 0 Å². The van der Waals surface area contributed by atoms with Gasteiger partial charge in [0.25, 0.3) is 5.72 Å². The molecule has 0 saturated carbocycles. The SMILES string of the molecule is C=C1CC(O)(C(F)(F)F)N(C(=O)c2ccc(COc3ccc(Cl)cc3)o2)N1. The number of furan rings is 1. The van der Waals surface area contributed by atoms with Crippen molar-refractivity contribution in [3.63, 3.8) is 0 Å². The van der Waals surface area contributed by atoms with E-state index in [1.54, 1.807) is 24.3 Å². The van der Waals surface area contributed by atoms with E-state index < -0.39 is 30.0 Å². The Morgan fingerprint density at radius 2 is 2.00 bits per heavy atom. The number of hydrogen-bond donors (Lipinski definition) is 2. The van der Waals surface area contributed by atoms with Crippen LogP contribution in [0.25, 0.3) is 0 Å². The minimum Gasteiger partial charge on any atom is -0.486 e. The van der Waals surface area contributed by atoms with Crippen molar-refractivity contribution in [2.45, 2.75) is 24.9 Å². The first-order chi connectivity index (χ1) is 12.6.